The number of carbonyl (C=O) groups is 2. The molecule has 1 amide bonds. The number of rotatable bonds is 10. The molecule has 0 fully saturated rings. The van der Waals surface area contributed by atoms with Crippen LogP contribution in [0.25, 0.3) is 16.2 Å². The molecule has 3 rings (SSSR count). The average Bonchev–Trinajstić information content (AvgIpc) is 3.27. The molecule has 0 saturated carbocycles. The van der Waals surface area contributed by atoms with Crippen LogP contribution < -0.4 is 10.9 Å². The van der Waals surface area contributed by atoms with Crippen LogP contribution in [0.4, 0.5) is 18.0 Å². The number of benzene rings is 1. The van der Waals surface area contributed by atoms with Crippen molar-refractivity contribution in [3.8, 4) is 5.75 Å². The Hall–Kier alpha value is -3.86. The highest BCUT2D eigenvalue weighted by molar-refractivity contribution is 7.19. The van der Waals surface area contributed by atoms with E-state index in [9.17, 15) is 32.7 Å². The van der Waals surface area contributed by atoms with Crippen LogP contribution in [0.3, 0.4) is 0 Å². The van der Waals surface area contributed by atoms with Gasteiger partial charge in [-0.2, -0.15) is 13.2 Å². The maximum Gasteiger partial charge on any atom is 0.410 e. The molecule has 0 saturated heterocycles. The number of halogens is 3. The van der Waals surface area contributed by atoms with Gasteiger partial charge >= 0.3 is 17.9 Å². The van der Waals surface area contributed by atoms with Crippen LogP contribution in [0.1, 0.15) is 65.6 Å². The minimum absolute atomic E-state index is 0.118. The summed E-state index contributed by atoms with van der Waals surface area (Å²) in [6, 6.07) is 8.13. The lowest BCUT2D eigenvalue weighted by molar-refractivity contribution is -0.134. The van der Waals surface area contributed by atoms with Crippen LogP contribution in [0.5, 0.6) is 5.75 Å². The summed E-state index contributed by atoms with van der Waals surface area (Å²) in [5.74, 6) is -1.22. The molecule has 11 heteroatoms. The van der Waals surface area contributed by atoms with Crippen molar-refractivity contribution >= 4 is 39.4 Å². The number of ketones is 1. The highest BCUT2D eigenvalue weighted by Gasteiger charge is 2.26. The summed E-state index contributed by atoms with van der Waals surface area (Å²) in [6.07, 6.45) is -0.0670. The number of alkyl halides is 3. The number of amides is 1. The number of fused-ring (bicyclic) bond motifs is 1. The molecule has 7 nitrogen and oxygen atoms in total. The predicted molar refractivity (Wildman–Crippen MR) is 143 cm³/mol. The van der Waals surface area contributed by atoms with Gasteiger partial charge in [0.25, 0.3) is 0 Å². The van der Waals surface area contributed by atoms with E-state index in [0.29, 0.717) is 23.3 Å². The first-order valence-electron chi connectivity index (χ1n) is 12.1. The minimum Gasteiger partial charge on any atom is -0.507 e. The number of allylic oxidation sites excluding steroid dienone is 2. The van der Waals surface area contributed by atoms with E-state index in [1.807, 2.05) is 0 Å². The summed E-state index contributed by atoms with van der Waals surface area (Å²) in [7, 11) is 1.25. The van der Waals surface area contributed by atoms with E-state index >= 15 is 0 Å². The van der Waals surface area contributed by atoms with E-state index in [1.165, 1.54) is 37.6 Å². The minimum atomic E-state index is -4.23. The van der Waals surface area contributed by atoms with Gasteiger partial charge in [0.15, 0.2) is 5.78 Å². The Balaban J connectivity index is 1.72. The number of hydrogen-bond acceptors (Lipinski definition) is 7. The molecule has 2 N–H and O–H groups in total. The predicted octanol–water partition coefficient (Wildman–Crippen LogP) is 7.09. The first-order chi connectivity index (χ1) is 18.4. The SMILES string of the molecule is COC(=O)N/C=C/CCC(C)c1cc(O)c(C(=O)C(C)=Cc2cc3ccc(CCC(F)(F)F)cc3s2)c(=O)o1. The van der Waals surface area contributed by atoms with E-state index in [2.05, 4.69) is 10.1 Å². The molecule has 3 aromatic rings. The van der Waals surface area contributed by atoms with E-state index in [1.54, 1.807) is 43.3 Å². The van der Waals surface area contributed by atoms with Crippen molar-refractivity contribution in [2.75, 3.05) is 7.11 Å². The van der Waals surface area contributed by atoms with Gasteiger partial charge in [0, 0.05) is 34.2 Å². The maximum atomic E-state index is 13.0. The molecule has 0 bridgehead atoms. The first-order valence-corrected chi connectivity index (χ1v) is 12.9. The fraction of sp³-hybridized carbons (Fsp3) is 0.321. The quantitative estimate of drug-likeness (QED) is 0.201. The summed E-state index contributed by atoms with van der Waals surface area (Å²) in [4.78, 5) is 37.3. The Morgan fingerprint density at radius 2 is 1.97 bits per heavy atom. The molecule has 0 aliphatic rings. The molecule has 2 aromatic heterocycles. The summed E-state index contributed by atoms with van der Waals surface area (Å²) in [5, 5.41) is 13.7. The van der Waals surface area contributed by atoms with E-state index in [0.717, 1.165) is 10.1 Å². The summed E-state index contributed by atoms with van der Waals surface area (Å²) < 4.78 is 48.2. The molecule has 39 heavy (non-hydrogen) atoms. The molecule has 0 aliphatic carbocycles. The second-order valence-electron chi connectivity index (χ2n) is 9.01. The third-order valence-electron chi connectivity index (χ3n) is 5.95. The number of methoxy groups -OCH3 is 1. The zero-order valence-electron chi connectivity index (χ0n) is 21.6. The Morgan fingerprint density at radius 1 is 1.23 bits per heavy atom. The molecule has 1 aromatic carbocycles. The molecular formula is C28H28F3NO6S. The summed E-state index contributed by atoms with van der Waals surface area (Å²) in [6.45, 7) is 3.30. The van der Waals surface area contributed by atoms with Crippen LogP contribution in [0.2, 0.25) is 0 Å². The Labute approximate surface area is 226 Å². The third-order valence-corrected chi connectivity index (χ3v) is 7.00. The molecule has 208 valence electrons. The standard InChI is InChI=1S/C28H28F3NO6S/c1-16(6-4-5-11-32-27(36)37-3)22-15-21(33)24(26(35)38-22)25(34)17(2)12-20-14-19-8-7-18(13-23(19)39-20)9-10-28(29,30)31/h5,7-8,11-16,33H,4,6,9-10H2,1-3H3,(H,32,36)/b11-5+,17-12?. The van der Waals surface area contributed by atoms with Gasteiger partial charge < -0.3 is 14.3 Å². The fourth-order valence-corrected chi connectivity index (χ4v) is 4.92. The highest BCUT2D eigenvalue weighted by Crippen LogP contribution is 2.31. The number of aromatic hydroxyl groups is 1. The molecule has 0 aliphatic heterocycles. The molecule has 1 unspecified atom stereocenters. The van der Waals surface area contributed by atoms with Gasteiger partial charge in [0.2, 0.25) is 0 Å². The first kappa shape index (κ1) is 29.7. The monoisotopic (exact) mass is 563 g/mol. The highest BCUT2D eigenvalue weighted by atomic mass is 32.1. The van der Waals surface area contributed by atoms with Gasteiger partial charge in [-0.25, -0.2) is 9.59 Å². The molecular weight excluding hydrogens is 535 g/mol. The number of hydrogen-bond donors (Lipinski definition) is 2. The van der Waals surface area contributed by atoms with Crippen molar-refractivity contribution in [1.29, 1.82) is 0 Å². The Morgan fingerprint density at radius 3 is 2.64 bits per heavy atom. The van der Waals surface area contributed by atoms with Gasteiger partial charge in [-0.3, -0.25) is 10.1 Å². The number of ether oxygens (including phenoxy) is 1. The van der Waals surface area contributed by atoms with Crippen LogP contribution in [-0.2, 0) is 11.2 Å². The number of thiophene rings is 1. The second kappa shape index (κ2) is 12.8. The maximum absolute atomic E-state index is 13.0. The number of nitrogens with one attached hydrogen (secondary N) is 1. The molecule has 2 heterocycles. The topological polar surface area (TPSA) is 106 Å². The number of alkyl carbamates (subject to hydrolysis) is 1. The number of carbonyl (C=O) groups excluding carboxylic acids is 2. The lowest BCUT2D eigenvalue weighted by Crippen LogP contribution is -2.16. The van der Waals surface area contributed by atoms with Crippen molar-refractivity contribution in [1.82, 2.24) is 5.32 Å². The molecule has 0 radical (unpaired) electrons. The van der Waals surface area contributed by atoms with Gasteiger partial charge in [0.1, 0.15) is 17.1 Å². The van der Waals surface area contributed by atoms with Crippen molar-refractivity contribution < 1.29 is 37.0 Å². The number of Topliss-reactive ketones (excluding diaryl/α,β-unsaturated/α-hetero) is 1. The van der Waals surface area contributed by atoms with Crippen molar-refractivity contribution in [2.24, 2.45) is 0 Å². The van der Waals surface area contributed by atoms with Crippen molar-refractivity contribution in [2.45, 2.75) is 51.6 Å². The van der Waals surface area contributed by atoms with Gasteiger partial charge in [0.05, 0.1) is 7.11 Å². The van der Waals surface area contributed by atoms with Crippen LogP contribution in [0, 0.1) is 0 Å². The van der Waals surface area contributed by atoms with E-state index in [4.69, 9.17) is 4.42 Å². The third kappa shape index (κ3) is 8.31. The second-order valence-corrected chi connectivity index (χ2v) is 10.1. The van der Waals surface area contributed by atoms with E-state index in [-0.39, 0.29) is 23.7 Å². The van der Waals surface area contributed by atoms with Gasteiger partial charge in [-0.05, 0) is 60.9 Å². The number of aryl methyl sites for hydroxylation is 1. The Bertz CT molecular complexity index is 1470. The van der Waals surface area contributed by atoms with Crippen molar-refractivity contribution in [3.63, 3.8) is 0 Å². The zero-order chi connectivity index (χ0) is 28.7. The van der Waals surface area contributed by atoms with Gasteiger partial charge in [-0.15, -0.1) is 11.3 Å². The van der Waals surface area contributed by atoms with Crippen LogP contribution in [0.15, 0.2) is 57.4 Å². The average molecular weight is 564 g/mol. The van der Waals surface area contributed by atoms with Gasteiger partial charge in [-0.1, -0.05) is 25.1 Å². The van der Waals surface area contributed by atoms with E-state index < -0.39 is 41.4 Å². The summed E-state index contributed by atoms with van der Waals surface area (Å²) >= 11 is 1.30. The fourth-order valence-electron chi connectivity index (χ4n) is 3.79. The zero-order valence-corrected chi connectivity index (χ0v) is 22.4. The largest absolute Gasteiger partial charge is 0.507 e. The smallest absolute Gasteiger partial charge is 0.410 e. The normalized spacial score (nSPS) is 13.1. The van der Waals surface area contributed by atoms with Crippen LogP contribution >= 0.6 is 11.3 Å². The molecule has 0 spiro atoms. The van der Waals surface area contributed by atoms with Crippen molar-refractivity contribution in [3.05, 3.63) is 80.4 Å². The van der Waals surface area contributed by atoms with Crippen LogP contribution in [-0.4, -0.2) is 30.3 Å². The lowest BCUT2D eigenvalue weighted by Gasteiger charge is -2.11. The Kier molecular flexibility index (Phi) is 9.74. The molecule has 1 atom stereocenters. The summed E-state index contributed by atoms with van der Waals surface area (Å²) in [5.41, 5.74) is -0.679. The lowest BCUT2D eigenvalue weighted by atomic mass is 10.00.